The van der Waals surface area contributed by atoms with E-state index in [9.17, 15) is 9.59 Å². The number of halogens is 1. The van der Waals surface area contributed by atoms with E-state index < -0.39 is 5.91 Å². The average molecular weight is 431 g/mol. The van der Waals surface area contributed by atoms with Crippen molar-refractivity contribution in [1.82, 2.24) is 5.43 Å². The number of carbonyl (C=O) groups excluding carboxylic acids is 2. The van der Waals surface area contributed by atoms with Crippen molar-refractivity contribution >= 4 is 34.0 Å². The monoisotopic (exact) mass is 430 g/mol. The van der Waals surface area contributed by atoms with Crippen LogP contribution in [0.15, 0.2) is 67.1 Å². The summed E-state index contributed by atoms with van der Waals surface area (Å²) < 4.78 is 16.2. The number of esters is 1. The molecule has 1 aromatic carbocycles. The third-order valence-electron chi connectivity index (χ3n) is 3.46. The van der Waals surface area contributed by atoms with Crippen molar-refractivity contribution < 1.29 is 23.2 Å². The SMILES string of the molecule is CCOC(=O)c1ccc(-c2ccc(/C=N/NC(=O)c3ccc(Br)o3)o2)cc1. The molecule has 2 heterocycles. The van der Waals surface area contributed by atoms with Gasteiger partial charge in [0.25, 0.3) is 0 Å². The lowest BCUT2D eigenvalue weighted by atomic mass is 10.1. The summed E-state index contributed by atoms with van der Waals surface area (Å²) in [5, 5.41) is 3.84. The van der Waals surface area contributed by atoms with Crippen LogP contribution in [0.3, 0.4) is 0 Å². The summed E-state index contributed by atoms with van der Waals surface area (Å²) in [6, 6.07) is 13.5. The smallest absolute Gasteiger partial charge is 0.338 e. The van der Waals surface area contributed by atoms with Crippen LogP contribution < -0.4 is 5.43 Å². The van der Waals surface area contributed by atoms with E-state index in [0.29, 0.717) is 28.4 Å². The standard InChI is InChI=1S/C19H15BrN2O5/c1-2-25-19(24)13-5-3-12(4-6-13)15-8-7-14(26-15)11-21-22-18(23)16-9-10-17(20)27-16/h3-11H,2H2,1H3,(H,22,23)/b21-11+. The molecule has 0 spiro atoms. The molecule has 1 N–H and O–H groups in total. The van der Waals surface area contributed by atoms with Gasteiger partial charge in [-0.25, -0.2) is 10.2 Å². The topological polar surface area (TPSA) is 94.0 Å². The molecular weight excluding hydrogens is 416 g/mol. The summed E-state index contributed by atoms with van der Waals surface area (Å²) >= 11 is 3.12. The number of hydrazone groups is 1. The quantitative estimate of drug-likeness (QED) is 0.358. The van der Waals surface area contributed by atoms with E-state index in [0.717, 1.165) is 5.56 Å². The predicted molar refractivity (Wildman–Crippen MR) is 102 cm³/mol. The summed E-state index contributed by atoms with van der Waals surface area (Å²) in [5.41, 5.74) is 3.62. The molecule has 0 aliphatic heterocycles. The Hall–Kier alpha value is -3.13. The molecule has 1 amide bonds. The third-order valence-corrected chi connectivity index (χ3v) is 3.89. The van der Waals surface area contributed by atoms with E-state index >= 15 is 0 Å². The second kappa shape index (κ2) is 8.50. The first-order chi connectivity index (χ1) is 13.1. The molecule has 7 nitrogen and oxygen atoms in total. The van der Waals surface area contributed by atoms with Gasteiger partial charge in [-0.3, -0.25) is 4.79 Å². The molecule has 0 bridgehead atoms. The second-order valence-electron chi connectivity index (χ2n) is 5.30. The predicted octanol–water partition coefficient (Wildman–Crippen LogP) is 4.24. The normalized spacial score (nSPS) is 10.9. The Kier molecular flexibility index (Phi) is 5.87. The molecule has 0 saturated carbocycles. The van der Waals surface area contributed by atoms with Crippen molar-refractivity contribution in [3.05, 3.63) is 70.3 Å². The molecule has 27 heavy (non-hydrogen) atoms. The van der Waals surface area contributed by atoms with Crippen LogP contribution in [0.4, 0.5) is 0 Å². The van der Waals surface area contributed by atoms with Crippen molar-refractivity contribution in [3.8, 4) is 11.3 Å². The van der Waals surface area contributed by atoms with Gasteiger partial charge in [-0.05, 0) is 59.3 Å². The van der Waals surface area contributed by atoms with E-state index in [1.54, 1.807) is 49.4 Å². The number of amides is 1. The molecule has 0 unspecified atom stereocenters. The zero-order chi connectivity index (χ0) is 19.2. The van der Waals surface area contributed by atoms with Crippen LogP contribution in [-0.4, -0.2) is 24.7 Å². The molecule has 0 radical (unpaired) electrons. The first-order valence-electron chi connectivity index (χ1n) is 8.03. The number of hydrogen-bond acceptors (Lipinski definition) is 6. The largest absolute Gasteiger partial charge is 0.462 e. The van der Waals surface area contributed by atoms with Crippen LogP contribution in [0.5, 0.6) is 0 Å². The number of benzene rings is 1. The van der Waals surface area contributed by atoms with E-state index in [2.05, 4.69) is 26.5 Å². The van der Waals surface area contributed by atoms with E-state index in [4.69, 9.17) is 13.6 Å². The molecule has 8 heteroatoms. The van der Waals surface area contributed by atoms with Gasteiger partial charge in [0.2, 0.25) is 0 Å². The second-order valence-corrected chi connectivity index (χ2v) is 6.08. The molecule has 0 aliphatic rings. The van der Waals surface area contributed by atoms with Gasteiger partial charge in [0.15, 0.2) is 10.4 Å². The highest BCUT2D eigenvalue weighted by Gasteiger charge is 2.10. The van der Waals surface area contributed by atoms with Crippen LogP contribution in [0, 0.1) is 0 Å². The van der Waals surface area contributed by atoms with Crippen molar-refractivity contribution in [2.75, 3.05) is 6.61 Å². The molecule has 3 rings (SSSR count). The number of furan rings is 2. The number of nitrogens with zero attached hydrogens (tertiary/aromatic N) is 1. The average Bonchev–Trinajstić information content (AvgIpc) is 3.31. The summed E-state index contributed by atoms with van der Waals surface area (Å²) in [6.45, 7) is 2.09. The fourth-order valence-corrected chi connectivity index (χ4v) is 2.51. The summed E-state index contributed by atoms with van der Waals surface area (Å²) in [6.07, 6.45) is 1.38. The van der Waals surface area contributed by atoms with Gasteiger partial charge in [0, 0.05) is 5.56 Å². The van der Waals surface area contributed by atoms with Gasteiger partial charge in [0.1, 0.15) is 11.5 Å². The minimum Gasteiger partial charge on any atom is -0.462 e. The number of hydrogen-bond donors (Lipinski definition) is 1. The highest BCUT2D eigenvalue weighted by atomic mass is 79.9. The third kappa shape index (κ3) is 4.73. The summed E-state index contributed by atoms with van der Waals surface area (Å²) in [4.78, 5) is 23.5. The lowest BCUT2D eigenvalue weighted by molar-refractivity contribution is 0.0526. The fourth-order valence-electron chi connectivity index (χ4n) is 2.21. The van der Waals surface area contributed by atoms with Gasteiger partial charge in [-0.2, -0.15) is 5.10 Å². The highest BCUT2D eigenvalue weighted by Crippen LogP contribution is 2.22. The molecule has 3 aromatic rings. The van der Waals surface area contributed by atoms with Crippen LogP contribution in [0.2, 0.25) is 0 Å². The first kappa shape index (κ1) is 18.7. The number of ether oxygens (including phenoxy) is 1. The lowest BCUT2D eigenvalue weighted by Gasteiger charge is -2.02. The van der Waals surface area contributed by atoms with Gasteiger partial charge < -0.3 is 13.6 Å². The van der Waals surface area contributed by atoms with Crippen molar-refractivity contribution in [2.45, 2.75) is 6.92 Å². The van der Waals surface area contributed by atoms with Gasteiger partial charge in [-0.15, -0.1) is 0 Å². The van der Waals surface area contributed by atoms with E-state index in [-0.39, 0.29) is 11.7 Å². The Labute approximate surface area is 163 Å². The zero-order valence-corrected chi connectivity index (χ0v) is 15.9. The van der Waals surface area contributed by atoms with Crippen molar-refractivity contribution in [2.24, 2.45) is 5.10 Å². The van der Waals surface area contributed by atoms with Gasteiger partial charge >= 0.3 is 11.9 Å². The molecule has 0 aliphatic carbocycles. The van der Waals surface area contributed by atoms with Crippen molar-refractivity contribution in [3.63, 3.8) is 0 Å². The van der Waals surface area contributed by atoms with Gasteiger partial charge in [-0.1, -0.05) is 12.1 Å². The van der Waals surface area contributed by atoms with E-state index in [1.165, 1.54) is 12.3 Å². The Balaban J connectivity index is 1.62. The molecule has 2 aromatic heterocycles. The van der Waals surface area contributed by atoms with Gasteiger partial charge in [0.05, 0.1) is 18.4 Å². The summed E-state index contributed by atoms with van der Waals surface area (Å²) in [7, 11) is 0. The van der Waals surface area contributed by atoms with Crippen LogP contribution in [0.1, 0.15) is 33.6 Å². The molecular formula is C19H15BrN2O5. The van der Waals surface area contributed by atoms with E-state index in [1.807, 2.05) is 0 Å². The maximum Gasteiger partial charge on any atom is 0.338 e. The number of rotatable bonds is 6. The highest BCUT2D eigenvalue weighted by molar-refractivity contribution is 9.10. The Morgan fingerprint density at radius 1 is 1.11 bits per heavy atom. The lowest BCUT2D eigenvalue weighted by Crippen LogP contribution is -2.16. The maximum absolute atomic E-state index is 11.8. The molecule has 0 fully saturated rings. The fraction of sp³-hybridized carbons (Fsp3) is 0.105. The number of nitrogens with one attached hydrogen (secondary N) is 1. The van der Waals surface area contributed by atoms with Crippen molar-refractivity contribution in [1.29, 1.82) is 0 Å². The Morgan fingerprint density at radius 3 is 2.56 bits per heavy atom. The molecule has 0 atom stereocenters. The zero-order valence-electron chi connectivity index (χ0n) is 14.3. The minimum absolute atomic E-state index is 0.140. The maximum atomic E-state index is 11.8. The summed E-state index contributed by atoms with van der Waals surface area (Å²) in [5.74, 6) is 0.364. The van der Waals surface area contributed by atoms with Crippen LogP contribution in [0.25, 0.3) is 11.3 Å². The molecule has 138 valence electrons. The molecule has 0 saturated heterocycles. The van der Waals surface area contributed by atoms with Crippen LogP contribution in [-0.2, 0) is 4.74 Å². The van der Waals surface area contributed by atoms with Crippen LogP contribution >= 0.6 is 15.9 Å². The Bertz CT molecular complexity index is 972. The Morgan fingerprint density at radius 2 is 1.89 bits per heavy atom. The first-order valence-corrected chi connectivity index (χ1v) is 8.82. The minimum atomic E-state index is -0.474. The number of carbonyl (C=O) groups is 2.